The molecule has 0 bridgehead atoms. The van der Waals surface area contributed by atoms with Crippen molar-refractivity contribution < 1.29 is 9.59 Å². The van der Waals surface area contributed by atoms with Crippen LogP contribution in [0.15, 0.2) is 0 Å². The van der Waals surface area contributed by atoms with Crippen LogP contribution in [-0.2, 0) is 9.59 Å². The molecule has 0 aliphatic carbocycles. The van der Waals surface area contributed by atoms with Crippen molar-refractivity contribution in [3.63, 3.8) is 0 Å². The lowest BCUT2D eigenvalue weighted by atomic mass is 9.87. The quantitative estimate of drug-likeness (QED) is 0.724. The summed E-state index contributed by atoms with van der Waals surface area (Å²) in [6, 6.07) is -0.336. The molecule has 1 atom stereocenters. The van der Waals surface area contributed by atoms with Crippen molar-refractivity contribution in [1.29, 1.82) is 0 Å². The van der Waals surface area contributed by atoms with Crippen molar-refractivity contribution in [3.8, 4) is 0 Å². The lowest BCUT2D eigenvalue weighted by Gasteiger charge is -2.24. The van der Waals surface area contributed by atoms with Gasteiger partial charge in [0.25, 0.3) is 0 Å². The van der Waals surface area contributed by atoms with Gasteiger partial charge in [-0.05, 0) is 18.8 Å². The van der Waals surface area contributed by atoms with E-state index in [0.29, 0.717) is 6.42 Å². The zero-order valence-corrected chi connectivity index (χ0v) is 9.10. The highest BCUT2D eigenvalue weighted by molar-refractivity contribution is 5.86. The van der Waals surface area contributed by atoms with Crippen molar-refractivity contribution >= 4 is 11.7 Å². The topological polar surface area (TPSA) is 46.2 Å². The van der Waals surface area contributed by atoms with Gasteiger partial charge in [-0.3, -0.25) is 9.59 Å². The Bertz CT molecular complexity index is 203. The monoisotopic (exact) mass is 185 g/mol. The van der Waals surface area contributed by atoms with E-state index in [1.54, 1.807) is 0 Å². The van der Waals surface area contributed by atoms with Gasteiger partial charge >= 0.3 is 0 Å². The molecule has 13 heavy (non-hydrogen) atoms. The highest BCUT2D eigenvalue weighted by Crippen LogP contribution is 2.20. The average Bonchev–Trinajstić information content (AvgIpc) is 1.81. The molecule has 3 heteroatoms. The highest BCUT2D eigenvalue weighted by Gasteiger charge is 2.22. The molecule has 1 N–H and O–H groups in total. The predicted octanol–water partition coefficient (Wildman–Crippen LogP) is 1.52. The normalized spacial score (nSPS) is 13.6. The van der Waals surface area contributed by atoms with Crippen LogP contribution in [0.4, 0.5) is 0 Å². The second kappa shape index (κ2) is 4.40. The number of Topliss-reactive ketones (excluding diaryl/α,β-unsaturated/α-hetero) is 1. The molecule has 0 radical (unpaired) electrons. The van der Waals surface area contributed by atoms with Gasteiger partial charge in [0, 0.05) is 6.92 Å². The fraction of sp³-hybridized carbons (Fsp3) is 0.800. The first-order chi connectivity index (χ1) is 5.72. The summed E-state index contributed by atoms with van der Waals surface area (Å²) in [4.78, 5) is 21.9. The number of hydrogen-bond acceptors (Lipinski definition) is 2. The van der Waals surface area contributed by atoms with E-state index in [4.69, 9.17) is 0 Å². The Hall–Kier alpha value is -0.860. The van der Waals surface area contributed by atoms with Crippen LogP contribution in [0.2, 0.25) is 0 Å². The maximum atomic E-state index is 11.1. The Morgan fingerprint density at radius 1 is 1.23 bits per heavy atom. The van der Waals surface area contributed by atoms with Crippen LogP contribution in [0.5, 0.6) is 0 Å². The summed E-state index contributed by atoms with van der Waals surface area (Å²) >= 11 is 0. The Morgan fingerprint density at radius 3 is 1.92 bits per heavy atom. The summed E-state index contributed by atoms with van der Waals surface area (Å²) in [6.45, 7) is 9.07. The number of carbonyl (C=O) groups excluding carboxylic acids is 2. The van der Waals surface area contributed by atoms with Crippen LogP contribution >= 0.6 is 0 Å². The smallest absolute Gasteiger partial charge is 0.217 e. The lowest BCUT2D eigenvalue weighted by molar-refractivity contribution is -0.126. The van der Waals surface area contributed by atoms with E-state index in [-0.39, 0.29) is 23.1 Å². The maximum Gasteiger partial charge on any atom is 0.217 e. The lowest BCUT2D eigenvalue weighted by Crippen LogP contribution is -2.40. The molecule has 3 nitrogen and oxygen atoms in total. The summed E-state index contributed by atoms with van der Waals surface area (Å²) < 4.78 is 0. The van der Waals surface area contributed by atoms with Crippen LogP contribution in [0.3, 0.4) is 0 Å². The molecule has 0 aromatic heterocycles. The van der Waals surface area contributed by atoms with Gasteiger partial charge in [0.15, 0.2) is 5.78 Å². The van der Waals surface area contributed by atoms with Crippen molar-refractivity contribution in [2.45, 2.75) is 47.1 Å². The third-order valence-electron chi connectivity index (χ3n) is 1.68. The molecule has 1 amide bonds. The van der Waals surface area contributed by atoms with E-state index in [0.717, 1.165) is 0 Å². The third kappa shape index (κ3) is 6.31. The van der Waals surface area contributed by atoms with E-state index in [1.807, 2.05) is 20.8 Å². The fourth-order valence-electron chi connectivity index (χ4n) is 1.15. The number of nitrogens with one attached hydrogen (secondary N) is 1. The van der Waals surface area contributed by atoms with E-state index in [9.17, 15) is 9.59 Å². The molecule has 0 unspecified atom stereocenters. The van der Waals surface area contributed by atoms with Gasteiger partial charge in [-0.15, -0.1) is 0 Å². The molecule has 0 saturated heterocycles. The van der Waals surface area contributed by atoms with E-state index in [1.165, 1.54) is 13.8 Å². The van der Waals surface area contributed by atoms with Gasteiger partial charge in [0.2, 0.25) is 5.91 Å². The van der Waals surface area contributed by atoms with Gasteiger partial charge in [0.1, 0.15) is 0 Å². The van der Waals surface area contributed by atoms with Crippen molar-refractivity contribution in [2.75, 3.05) is 0 Å². The Morgan fingerprint density at radius 2 is 1.69 bits per heavy atom. The average molecular weight is 185 g/mol. The molecular weight excluding hydrogens is 166 g/mol. The molecule has 76 valence electrons. The van der Waals surface area contributed by atoms with E-state index in [2.05, 4.69) is 5.32 Å². The molecule has 0 spiro atoms. The van der Waals surface area contributed by atoms with Crippen molar-refractivity contribution in [2.24, 2.45) is 5.41 Å². The van der Waals surface area contributed by atoms with E-state index < -0.39 is 0 Å². The molecule has 0 rings (SSSR count). The Labute approximate surface area is 79.9 Å². The highest BCUT2D eigenvalue weighted by atomic mass is 16.2. The van der Waals surface area contributed by atoms with Crippen LogP contribution in [0.1, 0.15) is 41.0 Å². The number of ketones is 1. The zero-order valence-electron chi connectivity index (χ0n) is 9.10. The summed E-state index contributed by atoms with van der Waals surface area (Å²) in [5, 5.41) is 2.65. The SMILES string of the molecule is CC(=O)N[C@@H](CC(C)(C)C)C(C)=O. The minimum atomic E-state index is -0.336. The molecular formula is C10H19NO2. The summed E-state index contributed by atoms with van der Waals surface area (Å²) in [5.74, 6) is -0.130. The van der Waals surface area contributed by atoms with Crippen molar-refractivity contribution in [3.05, 3.63) is 0 Å². The van der Waals surface area contributed by atoms with Gasteiger partial charge in [-0.2, -0.15) is 0 Å². The van der Waals surface area contributed by atoms with Gasteiger partial charge < -0.3 is 5.32 Å². The van der Waals surface area contributed by atoms with Crippen LogP contribution in [0.25, 0.3) is 0 Å². The summed E-state index contributed by atoms with van der Waals surface area (Å²) in [5.41, 5.74) is 0.0544. The molecule has 0 heterocycles. The molecule has 0 fully saturated rings. The minimum absolute atomic E-state index is 0.0186. The Balaban J connectivity index is 4.27. The summed E-state index contributed by atoms with van der Waals surface area (Å²) in [7, 11) is 0. The van der Waals surface area contributed by atoms with Gasteiger partial charge in [-0.25, -0.2) is 0 Å². The number of amides is 1. The zero-order chi connectivity index (χ0) is 10.6. The molecule has 0 aliphatic heterocycles. The summed E-state index contributed by atoms with van der Waals surface area (Å²) in [6.07, 6.45) is 0.682. The number of rotatable bonds is 3. The molecule has 0 saturated carbocycles. The number of hydrogen-bond donors (Lipinski definition) is 1. The minimum Gasteiger partial charge on any atom is -0.347 e. The number of carbonyl (C=O) groups is 2. The van der Waals surface area contributed by atoms with Gasteiger partial charge in [0.05, 0.1) is 6.04 Å². The molecule has 0 aromatic carbocycles. The first-order valence-electron chi connectivity index (χ1n) is 4.50. The molecule has 0 aromatic rings. The Kier molecular flexibility index (Phi) is 4.11. The fourth-order valence-corrected chi connectivity index (χ4v) is 1.15. The predicted molar refractivity (Wildman–Crippen MR) is 52.4 cm³/mol. The second-order valence-electron chi connectivity index (χ2n) is 4.63. The third-order valence-corrected chi connectivity index (χ3v) is 1.68. The second-order valence-corrected chi connectivity index (χ2v) is 4.63. The first kappa shape index (κ1) is 12.1. The largest absolute Gasteiger partial charge is 0.347 e. The first-order valence-corrected chi connectivity index (χ1v) is 4.50. The van der Waals surface area contributed by atoms with E-state index >= 15 is 0 Å². The van der Waals surface area contributed by atoms with Crippen LogP contribution in [-0.4, -0.2) is 17.7 Å². The maximum absolute atomic E-state index is 11.1. The van der Waals surface area contributed by atoms with Gasteiger partial charge in [-0.1, -0.05) is 20.8 Å². The molecule has 0 aliphatic rings. The standard InChI is InChI=1S/C10H19NO2/c1-7(12)9(11-8(2)13)6-10(3,4)5/h9H,6H2,1-5H3,(H,11,13)/t9-/m0/s1. The van der Waals surface area contributed by atoms with Crippen molar-refractivity contribution in [1.82, 2.24) is 5.32 Å². The van der Waals surface area contributed by atoms with Crippen LogP contribution in [0, 0.1) is 5.41 Å². The van der Waals surface area contributed by atoms with Crippen LogP contribution < -0.4 is 5.32 Å².